The van der Waals surface area contributed by atoms with Crippen molar-refractivity contribution in [3.8, 4) is 44.5 Å². The van der Waals surface area contributed by atoms with Gasteiger partial charge in [0.15, 0.2) is 0 Å². The Bertz CT molecular complexity index is 2390. The Morgan fingerprint density at radius 1 is 0.724 bits per heavy atom. The van der Waals surface area contributed by atoms with Crippen LogP contribution in [0.2, 0.25) is 10.0 Å². The molecule has 1 fully saturated rings. The number of pyridine rings is 4. The van der Waals surface area contributed by atoms with Crippen LogP contribution in [0.15, 0.2) is 110 Å². The Morgan fingerprint density at radius 3 is 1.76 bits per heavy atom. The van der Waals surface area contributed by atoms with E-state index >= 15 is 0 Å². The predicted molar refractivity (Wildman–Crippen MR) is 236 cm³/mol. The van der Waals surface area contributed by atoms with Crippen molar-refractivity contribution in [2.75, 3.05) is 13.1 Å². The van der Waals surface area contributed by atoms with Crippen molar-refractivity contribution in [1.82, 2.24) is 24.8 Å². The minimum Gasteiger partial charge on any atom is -0.384 e. The zero-order valence-electron chi connectivity index (χ0n) is 33.4. The van der Waals surface area contributed by atoms with Crippen LogP contribution < -0.4 is 0 Å². The molecular formula is C48H52Cl2FN5O2. The van der Waals surface area contributed by atoms with Gasteiger partial charge < -0.3 is 10.0 Å². The average Bonchev–Trinajstić information content (AvgIpc) is 3.18. The van der Waals surface area contributed by atoms with Crippen LogP contribution in [0.5, 0.6) is 0 Å². The average molecular weight is 821 g/mol. The molecule has 0 spiro atoms. The molecule has 302 valence electrons. The SMILES string of the molecule is C.CC1CCN(C(=O)c2ccc(-c3cncc(-c4ccnc(C(C)(C)C)c4)c3)c(Cl)c2)CC1F.Cc1ccc(-c2cncc(-c3ccnc(C(C)(C)O)c3)c2)c(Cl)c1. The van der Waals surface area contributed by atoms with Crippen LogP contribution in [0.25, 0.3) is 44.5 Å². The number of aromatic nitrogens is 4. The second kappa shape index (κ2) is 18.3. The Balaban J connectivity index is 0.000000228. The number of aliphatic hydroxyl groups is 1. The number of carbonyl (C=O) groups excluding carboxylic acids is 1. The number of piperidine rings is 1. The normalized spacial score (nSPS) is 15.5. The summed E-state index contributed by atoms with van der Waals surface area (Å²) in [6, 6.07) is 23.2. The van der Waals surface area contributed by atoms with Crippen molar-refractivity contribution >= 4 is 29.1 Å². The summed E-state index contributed by atoms with van der Waals surface area (Å²) in [6.07, 6.45) is 10.4. The van der Waals surface area contributed by atoms with Crippen LogP contribution >= 0.6 is 23.2 Å². The predicted octanol–water partition coefficient (Wildman–Crippen LogP) is 12.2. The highest BCUT2D eigenvalue weighted by molar-refractivity contribution is 6.34. The number of likely N-dealkylation sites (tertiary alicyclic amines) is 1. The van der Waals surface area contributed by atoms with E-state index < -0.39 is 11.8 Å². The third kappa shape index (κ3) is 10.5. The molecule has 0 radical (unpaired) electrons. The third-order valence-electron chi connectivity index (χ3n) is 10.2. The third-order valence-corrected chi connectivity index (χ3v) is 10.8. The molecule has 6 aromatic rings. The molecule has 7 nitrogen and oxygen atoms in total. The maximum Gasteiger partial charge on any atom is 0.254 e. The van der Waals surface area contributed by atoms with Crippen LogP contribution in [-0.2, 0) is 11.0 Å². The lowest BCUT2D eigenvalue weighted by atomic mass is 9.90. The monoisotopic (exact) mass is 819 g/mol. The molecule has 7 rings (SSSR count). The number of hydrogen-bond acceptors (Lipinski definition) is 6. The number of aryl methyl sites for hydroxylation is 1. The molecule has 4 aromatic heterocycles. The first-order valence-corrected chi connectivity index (χ1v) is 19.8. The number of carbonyl (C=O) groups is 1. The van der Waals surface area contributed by atoms with E-state index in [-0.39, 0.29) is 31.2 Å². The minimum atomic E-state index is -0.988. The Labute approximate surface area is 352 Å². The molecule has 5 heterocycles. The summed E-state index contributed by atoms with van der Waals surface area (Å²) in [5.41, 5.74) is 9.67. The van der Waals surface area contributed by atoms with Gasteiger partial charge in [0.25, 0.3) is 5.91 Å². The highest BCUT2D eigenvalue weighted by Crippen LogP contribution is 2.34. The Kier molecular flexibility index (Phi) is 13.9. The van der Waals surface area contributed by atoms with Crippen molar-refractivity contribution in [2.24, 2.45) is 5.92 Å². The van der Waals surface area contributed by atoms with Crippen LogP contribution in [0.1, 0.15) is 82.7 Å². The van der Waals surface area contributed by atoms with Gasteiger partial charge in [0.1, 0.15) is 11.8 Å². The lowest BCUT2D eigenvalue weighted by Gasteiger charge is -2.33. The smallest absolute Gasteiger partial charge is 0.254 e. The summed E-state index contributed by atoms with van der Waals surface area (Å²) >= 11 is 13.0. The first kappa shape index (κ1) is 44.1. The molecule has 1 aliphatic heterocycles. The van der Waals surface area contributed by atoms with E-state index in [1.807, 2.05) is 80.8 Å². The molecular weight excluding hydrogens is 768 g/mol. The van der Waals surface area contributed by atoms with Crippen LogP contribution in [0, 0.1) is 12.8 Å². The van der Waals surface area contributed by atoms with Crippen molar-refractivity contribution in [2.45, 2.75) is 79.5 Å². The summed E-state index contributed by atoms with van der Waals surface area (Å²) in [6.45, 7) is 14.4. The molecule has 2 unspecified atom stereocenters. The van der Waals surface area contributed by atoms with E-state index in [2.05, 4.69) is 46.8 Å². The first-order chi connectivity index (χ1) is 27.0. The Hall–Kier alpha value is -5.02. The maximum atomic E-state index is 14.1. The van der Waals surface area contributed by atoms with Gasteiger partial charge in [-0.3, -0.25) is 24.7 Å². The highest BCUT2D eigenvalue weighted by atomic mass is 35.5. The van der Waals surface area contributed by atoms with E-state index in [0.29, 0.717) is 34.3 Å². The Morgan fingerprint density at radius 2 is 1.24 bits per heavy atom. The molecule has 1 saturated heterocycles. The van der Waals surface area contributed by atoms with Gasteiger partial charge in [0, 0.05) is 104 Å². The second-order valence-corrected chi connectivity index (χ2v) is 17.1. The molecule has 1 aliphatic rings. The number of alkyl halides is 1. The van der Waals surface area contributed by atoms with Crippen molar-refractivity contribution in [3.63, 3.8) is 0 Å². The summed E-state index contributed by atoms with van der Waals surface area (Å²) in [7, 11) is 0. The molecule has 0 bridgehead atoms. The van der Waals surface area contributed by atoms with Crippen LogP contribution in [-0.4, -0.2) is 55.1 Å². The number of benzene rings is 2. The van der Waals surface area contributed by atoms with Gasteiger partial charge in [-0.15, -0.1) is 0 Å². The molecule has 2 aromatic carbocycles. The number of amides is 1. The van der Waals surface area contributed by atoms with Gasteiger partial charge in [-0.05, 0) is 104 Å². The highest BCUT2D eigenvalue weighted by Gasteiger charge is 2.29. The molecule has 2 atom stereocenters. The lowest BCUT2D eigenvalue weighted by Crippen LogP contribution is -2.44. The molecule has 10 heteroatoms. The lowest BCUT2D eigenvalue weighted by molar-refractivity contribution is 0.0540. The van der Waals surface area contributed by atoms with Gasteiger partial charge in [0.05, 0.1) is 12.2 Å². The maximum absolute atomic E-state index is 14.1. The van der Waals surface area contributed by atoms with Crippen molar-refractivity contribution < 1.29 is 14.3 Å². The second-order valence-electron chi connectivity index (χ2n) is 16.3. The van der Waals surface area contributed by atoms with E-state index in [1.54, 1.807) is 55.7 Å². The largest absolute Gasteiger partial charge is 0.384 e. The number of rotatable bonds is 6. The van der Waals surface area contributed by atoms with Gasteiger partial charge in [-0.25, -0.2) is 4.39 Å². The fourth-order valence-corrected chi connectivity index (χ4v) is 7.21. The first-order valence-electron chi connectivity index (χ1n) is 19.0. The van der Waals surface area contributed by atoms with Gasteiger partial charge >= 0.3 is 0 Å². The summed E-state index contributed by atoms with van der Waals surface area (Å²) < 4.78 is 14.1. The van der Waals surface area contributed by atoms with Gasteiger partial charge in [0.2, 0.25) is 0 Å². The molecule has 1 N–H and O–H groups in total. The molecule has 0 aliphatic carbocycles. The van der Waals surface area contributed by atoms with Gasteiger partial charge in [-0.2, -0.15) is 0 Å². The summed E-state index contributed by atoms with van der Waals surface area (Å²) in [5.74, 6) is -0.198. The van der Waals surface area contributed by atoms with E-state index in [1.165, 1.54) is 0 Å². The fraction of sp³-hybridized carbons (Fsp3) is 0.312. The standard InChI is InChI=1S/C27H29ClFN3O.C20H19ClN2O.CH4/c1-17-8-10-32(16-24(17)29)26(33)19-5-6-22(23(28)12-19)21-11-20(14-30-15-21)18-7-9-31-25(13-18)27(2,3)4;1-13-4-5-17(18(21)8-13)16-9-15(11-22-12-16)14-6-7-23-19(10-14)20(2,3)24;/h5-7,9,11-15,17,24H,8,10,16H2,1-4H3;4-12,24H,1-3H3;1H4. The summed E-state index contributed by atoms with van der Waals surface area (Å²) in [5, 5.41) is 11.3. The van der Waals surface area contributed by atoms with E-state index in [0.717, 1.165) is 55.8 Å². The van der Waals surface area contributed by atoms with Crippen molar-refractivity contribution in [1.29, 1.82) is 0 Å². The number of nitrogens with zero attached hydrogens (tertiary/aromatic N) is 5. The molecule has 58 heavy (non-hydrogen) atoms. The van der Waals surface area contributed by atoms with Crippen LogP contribution in [0.4, 0.5) is 4.39 Å². The quantitative estimate of drug-likeness (QED) is 0.180. The molecule has 1 amide bonds. The zero-order valence-corrected chi connectivity index (χ0v) is 34.9. The van der Waals surface area contributed by atoms with E-state index in [4.69, 9.17) is 23.2 Å². The van der Waals surface area contributed by atoms with Crippen LogP contribution in [0.3, 0.4) is 0 Å². The topological polar surface area (TPSA) is 92.1 Å². The van der Waals surface area contributed by atoms with Crippen molar-refractivity contribution in [3.05, 3.63) is 143 Å². The van der Waals surface area contributed by atoms with Gasteiger partial charge in [-0.1, -0.05) is 76.5 Å². The number of hydrogen-bond donors (Lipinski definition) is 1. The summed E-state index contributed by atoms with van der Waals surface area (Å²) in [4.78, 5) is 32.0. The number of halogens is 3. The fourth-order valence-electron chi connectivity index (χ4n) is 6.58. The molecule has 0 saturated carbocycles. The minimum absolute atomic E-state index is 0. The van der Waals surface area contributed by atoms with E-state index in [9.17, 15) is 14.3 Å². The zero-order chi connectivity index (χ0) is 41.1.